The van der Waals surface area contributed by atoms with Gasteiger partial charge in [-0.1, -0.05) is 49.5 Å². The lowest BCUT2D eigenvalue weighted by molar-refractivity contribution is 0.491. The number of hydrogen-bond donors (Lipinski definition) is 0. The highest BCUT2D eigenvalue weighted by Gasteiger charge is 2.20. The molecule has 19 heavy (non-hydrogen) atoms. The van der Waals surface area contributed by atoms with Gasteiger partial charge in [0.05, 0.1) is 4.83 Å². The molecule has 2 rings (SSSR count). The number of alkyl halides is 1. The van der Waals surface area contributed by atoms with E-state index in [0.29, 0.717) is 21.1 Å². The van der Waals surface area contributed by atoms with E-state index in [1.54, 1.807) is 18.2 Å². The van der Waals surface area contributed by atoms with Crippen molar-refractivity contribution in [1.82, 2.24) is 0 Å². The lowest BCUT2D eigenvalue weighted by atomic mass is 10.0. The van der Waals surface area contributed by atoms with Crippen LogP contribution in [0.3, 0.4) is 0 Å². The summed E-state index contributed by atoms with van der Waals surface area (Å²) in [5, 5.41) is 0.515. The second-order valence-corrected chi connectivity index (χ2v) is 6.02. The Morgan fingerprint density at radius 2 is 1.53 bits per heavy atom. The van der Waals surface area contributed by atoms with E-state index in [9.17, 15) is 13.2 Å². The molecule has 0 bridgehead atoms. The van der Waals surface area contributed by atoms with Gasteiger partial charge in [0.1, 0.15) is 5.82 Å². The third-order valence-corrected chi connectivity index (χ3v) is 4.46. The molecular weight excluding hydrogens is 408 g/mol. The van der Waals surface area contributed by atoms with Gasteiger partial charge in [-0.2, -0.15) is 0 Å². The third kappa shape index (κ3) is 3.15. The third-order valence-electron chi connectivity index (χ3n) is 2.55. The van der Waals surface area contributed by atoms with E-state index >= 15 is 0 Å². The zero-order chi connectivity index (χ0) is 14.2. The molecule has 0 saturated carbocycles. The summed E-state index contributed by atoms with van der Waals surface area (Å²) < 4.78 is 40.4. The van der Waals surface area contributed by atoms with E-state index in [4.69, 9.17) is 11.6 Å². The van der Waals surface area contributed by atoms with Crippen LogP contribution in [0.15, 0.2) is 34.8 Å². The van der Waals surface area contributed by atoms with Gasteiger partial charge in [0.15, 0.2) is 11.6 Å². The normalized spacial score (nSPS) is 12.5. The fraction of sp³-hybridized carbons (Fsp3) is 0.0769. The van der Waals surface area contributed by atoms with E-state index in [1.165, 1.54) is 0 Å². The Morgan fingerprint density at radius 1 is 0.895 bits per heavy atom. The average Bonchev–Trinajstić information content (AvgIpc) is 2.33. The molecule has 2 aromatic carbocycles. The van der Waals surface area contributed by atoms with E-state index in [1.807, 2.05) is 0 Å². The van der Waals surface area contributed by atoms with Crippen molar-refractivity contribution >= 4 is 43.5 Å². The number of hydrogen-bond acceptors (Lipinski definition) is 0. The van der Waals surface area contributed by atoms with E-state index in [2.05, 4.69) is 31.9 Å². The minimum atomic E-state index is -1.21. The first-order valence-electron chi connectivity index (χ1n) is 5.13. The van der Waals surface area contributed by atoms with Gasteiger partial charge < -0.3 is 0 Å². The summed E-state index contributed by atoms with van der Waals surface area (Å²) in [5.41, 5.74) is 0.677. The monoisotopic (exact) mass is 412 g/mol. The standard InChI is InChI=1S/C13H6Br2ClF3/c14-9-3-6(16)1-2-7(9)13(15)8-4-11(18)12(19)5-10(8)17/h1-5,13H. The number of halogens is 6. The Hall–Kier alpha value is -0.520. The summed E-state index contributed by atoms with van der Waals surface area (Å²) in [6, 6.07) is 6.32. The molecule has 0 nitrogen and oxygen atoms in total. The summed E-state index contributed by atoms with van der Waals surface area (Å²) >= 11 is 12.4. The van der Waals surface area contributed by atoms with Crippen molar-refractivity contribution in [2.24, 2.45) is 0 Å². The quantitative estimate of drug-likeness (QED) is 0.417. The first-order chi connectivity index (χ1) is 8.90. The summed E-state index contributed by atoms with van der Waals surface area (Å²) in [4.78, 5) is -0.616. The minimum Gasteiger partial charge on any atom is -0.207 e. The van der Waals surface area contributed by atoms with E-state index < -0.39 is 22.3 Å². The topological polar surface area (TPSA) is 0 Å². The molecule has 100 valence electrons. The molecule has 1 unspecified atom stereocenters. The Bertz CT molecular complexity index is 632. The Labute approximate surface area is 129 Å². The first-order valence-corrected chi connectivity index (χ1v) is 7.22. The van der Waals surface area contributed by atoms with Crippen LogP contribution in [-0.2, 0) is 0 Å². The maximum atomic E-state index is 13.7. The molecule has 0 radical (unpaired) electrons. The summed E-state index contributed by atoms with van der Waals surface area (Å²) in [5.74, 6) is -3.12. The molecule has 0 saturated heterocycles. The summed E-state index contributed by atoms with van der Waals surface area (Å²) in [7, 11) is 0. The Balaban J connectivity index is 2.49. The van der Waals surface area contributed by atoms with Gasteiger partial charge in [-0.15, -0.1) is 0 Å². The molecule has 0 fully saturated rings. The molecule has 1 atom stereocenters. The highest BCUT2D eigenvalue weighted by atomic mass is 79.9. The molecule has 0 aliphatic heterocycles. The van der Waals surface area contributed by atoms with Crippen LogP contribution in [0.2, 0.25) is 5.02 Å². The molecule has 6 heteroatoms. The van der Waals surface area contributed by atoms with Gasteiger partial charge in [0, 0.05) is 21.1 Å². The summed E-state index contributed by atoms with van der Waals surface area (Å²) in [6.45, 7) is 0. The molecule has 0 amide bonds. The van der Waals surface area contributed by atoms with Crippen LogP contribution in [0, 0.1) is 17.5 Å². The van der Waals surface area contributed by atoms with Crippen LogP contribution < -0.4 is 0 Å². The van der Waals surface area contributed by atoms with Crippen LogP contribution in [0.5, 0.6) is 0 Å². The maximum Gasteiger partial charge on any atom is 0.161 e. The van der Waals surface area contributed by atoms with E-state index in [0.717, 1.165) is 6.07 Å². The van der Waals surface area contributed by atoms with Gasteiger partial charge in [-0.05, 0) is 23.8 Å². The predicted octanol–water partition coefficient (Wildman–Crippen LogP) is 6.00. The zero-order valence-electron chi connectivity index (χ0n) is 9.23. The molecule has 0 aromatic heterocycles. The molecule has 0 aliphatic rings. The fourth-order valence-corrected chi connectivity index (χ4v) is 3.58. The minimum absolute atomic E-state index is 0.0157. The van der Waals surface area contributed by atoms with Gasteiger partial charge in [0.2, 0.25) is 0 Å². The summed E-state index contributed by atoms with van der Waals surface area (Å²) in [6.07, 6.45) is 0. The molecule has 0 heterocycles. The van der Waals surface area contributed by atoms with Crippen molar-refractivity contribution in [1.29, 1.82) is 0 Å². The van der Waals surface area contributed by atoms with Crippen molar-refractivity contribution in [3.63, 3.8) is 0 Å². The largest absolute Gasteiger partial charge is 0.207 e. The lowest BCUT2D eigenvalue weighted by Crippen LogP contribution is -2.00. The first kappa shape index (κ1) is 14.9. The maximum absolute atomic E-state index is 13.7. The fourth-order valence-electron chi connectivity index (χ4n) is 1.61. The van der Waals surface area contributed by atoms with Crippen LogP contribution in [-0.4, -0.2) is 0 Å². The van der Waals surface area contributed by atoms with Gasteiger partial charge in [-0.3, -0.25) is 0 Å². The van der Waals surface area contributed by atoms with Crippen molar-refractivity contribution < 1.29 is 13.2 Å². The smallest absolute Gasteiger partial charge is 0.161 e. The Morgan fingerprint density at radius 3 is 2.16 bits per heavy atom. The Kier molecular flexibility index (Phi) is 4.58. The lowest BCUT2D eigenvalue weighted by Gasteiger charge is -2.14. The van der Waals surface area contributed by atoms with Gasteiger partial charge in [-0.25, -0.2) is 13.2 Å². The molecule has 0 aliphatic carbocycles. The molecule has 0 spiro atoms. The number of benzene rings is 2. The van der Waals surface area contributed by atoms with Crippen molar-refractivity contribution in [2.75, 3.05) is 0 Å². The second-order valence-electron chi connectivity index (χ2n) is 3.82. The predicted molar refractivity (Wildman–Crippen MR) is 76.2 cm³/mol. The van der Waals surface area contributed by atoms with Crippen LogP contribution in [0.1, 0.15) is 16.0 Å². The van der Waals surface area contributed by atoms with Crippen LogP contribution in [0.4, 0.5) is 13.2 Å². The van der Waals surface area contributed by atoms with Crippen LogP contribution >= 0.6 is 43.5 Å². The van der Waals surface area contributed by atoms with Crippen molar-refractivity contribution in [3.8, 4) is 0 Å². The zero-order valence-corrected chi connectivity index (χ0v) is 13.2. The SMILES string of the molecule is Fc1cc(F)c(C(Br)c2ccc(Cl)cc2Br)cc1F. The average molecular weight is 414 g/mol. The van der Waals surface area contributed by atoms with Crippen LogP contribution in [0.25, 0.3) is 0 Å². The van der Waals surface area contributed by atoms with Crippen molar-refractivity contribution in [3.05, 3.63) is 68.4 Å². The van der Waals surface area contributed by atoms with Gasteiger partial charge >= 0.3 is 0 Å². The van der Waals surface area contributed by atoms with Crippen molar-refractivity contribution in [2.45, 2.75) is 4.83 Å². The highest BCUT2D eigenvalue weighted by Crippen LogP contribution is 2.38. The highest BCUT2D eigenvalue weighted by molar-refractivity contribution is 9.11. The molecular formula is C13H6Br2ClF3. The molecule has 0 N–H and O–H groups in total. The van der Waals surface area contributed by atoms with Gasteiger partial charge in [0.25, 0.3) is 0 Å². The van der Waals surface area contributed by atoms with E-state index in [-0.39, 0.29) is 5.56 Å². The second kappa shape index (κ2) is 5.85. The number of rotatable bonds is 2. The molecule has 2 aromatic rings.